The first-order valence-electron chi connectivity index (χ1n) is 9.62. The molecule has 0 unspecified atom stereocenters. The number of carbonyl (C=O) groups excluding carboxylic acids is 1. The lowest BCUT2D eigenvalue weighted by atomic mass is 9.85. The number of hydrogen-bond acceptors (Lipinski definition) is 8. The molecule has 9 nitrogen and oxygen atoms in total. The normalized spacial score (nSPS) is 21.6. The highest BCUT2D eigenvalue weighted by molar-refractivity contribution is 7.89. The van der Waals surface area contributed by atoms with Crippen molar-refractivity contribution < 1.29 is 31.5 Å². The van der Waals surface area contributed by atoms with E-state index in [1.165, 1.54) is 19.2 Å². The van der Waals surface area contributed by atoms with E-state index in [2.05, 4.69) is 14.7 Å². The van der Waals surface area contributed by atoms with Crippen LogP contribution in [0.25, 0.3) is 0 Å². The summed E-state index contributed by atoms with van der Waals surface area (Å²) in [5.41, 5.74) is 6.01. The Morgan fingerprint density at radius 3 is 2.78 bits per heavy atom. The van der Waals surface area contributed by atoms with E-state index in [1.54, 1.807) is 18.2 Å². The number of hydrogen-bond donors (Lipinski definition) is 1. The van der Waals surface area contributed by atoms with Crippen molar-refractivity contribution in [2.24, 2.45) is 10.7 Å². The minimum atomic E-state index is -3.67. The first-order chi connectivity index (χ1) is 15.1. The Balaban J connectivity index is 1.62. The molecule has 0 amide bonds. The molecule has 0 aliphatic carbocycles. The Morgan fingerprint density at radius 1 is 1.34 bits per heavy atom. The van der Waals surface area contributed by atoms with Crippen LogP contribution in [0.1, 0.15) is 28.0 Å². The van der Waals surface area contributed by atoms with Crippen LogP contribution in [0, 0.1) is 0 Å². The number of nitrogens with two attached hydrogens (primary N) is 1. The smallest absolute Gasteiger partial charge is 0.387 e. The standard InChI is InChI=1S/C20H20F2N4O5S/c1-26-19(23)25-20(11-32(26,28)29)6-7-30-17-5-2-12(8-14(17)20)9-16(27)15-4-3-13(10-24-15)31-18(21)22/h2-5,8,10,18H,6-7,9,11H2,1H3,(H2,23,25)/t20-/m0/s1. The average molecular weight is 466 g/mol. The molecule has 1 aromatic carbocycles. The van der Waals surface area contributed by atoms with Gasteiger partial charge < -0.3 is 15.2 Å². The third kappa shape index (κ3) is 4.09. The lowest BCUT2D eigenvalue weighted by Gasteiger charge is -2.40. The number of nitrogens with zero attached hydrogens (tertiary/aromatic N) is 3. The molecule has 3 heterocycles. The largest absolute Gasteiger partial charge is 0.493 e. The van der Waals surface area contributed by atoms with Gasteiger partial charge in [-0.05, 0) is 29.8 Å². The molecule has 2 aliphatic heterocycles. The Morgan fingerprint density at radius 2 is 2.12 bits per heavy atom. The van der Waals surface area contributed by atoms with Crippen molar-refractivity contribution in [3.63, 3.8) is 0 Å². The minimum Gasteiger partial charge on any atom is -0.493 e. The maximum Gasteiger partial charge on any atom is 0.387 e. The van der Waals surface area contributed by atoms with Gasteiger partial charge in [0.25, 0.3) is 0 Å². The summed E-state index contributed by atoms with van der Waals surface area (Å²) in [4.78, 5) is 21.0. The Bertz CT molecular complexity index is 1190. The van der Waals surface area contributed by atoms with Crippen molar-refractivity contribution in [1.29, 1.82) is 0 Å². The molecule has 0 saturated carbocycles. The summed E-state index contributed by atoms with van der Waals surface area (Å²) < 4.78 is 60.6. The van der Waals surface area contributed by atoms with Crippen molar-refractivity contribution in [3.8, 4) is 11.5 Å². The first-order valence-corrected chi connectivity index (χ1v) is 11.2. The number of rotatable bonds is 5. The number of aromatic nitrogens is 1. The predicted molar refractivity (Wildman–Crippen MR) is 110 cm³/mol. The Hall–Kier alpha value is -3.28. The fourth-order valence-corrected chi connectivity index (χ4v) is 5.25. The molecule has 1 atom stereocenters. The second-order valence-corrected chi connectivity index (χ2v) is 9.51. The van der Waals surface area contributed by atoms with Gasteiger partial charge in [0, 0.05) is 25.5 Å². The summed E-state index contributed by atoms with van der Waals surface area (Å²) in [5.74, 6) is -0.393. The zero-order chi connectivity index (χ0) is 23.1. The molecule has 4 rings (SSSR count). The van der Waals surface area contributed by atoms with E-state index < -0.39 is 22.2 Å². The number of carbonyl (C=O) groups is 1. The van der Waals surface area contributed by atoms with Gasteiger partial charge in [-0.3, -0.25) is 4.79 Å². The number of halogens is 2. The number of aliphatic imine (C=N–C) groups is 1. The third-order valence-electron chi connectivity index (χ3n) is 5.42. The number of ether oxygens (including phenoxy) is 2. The number of fused-ring (bicyclic) bond motifs is 2. The van der Waals surface area contributed by atoms with Crippen molar-refractivity contribution in [2.75, 3.05) is 19.4 Å². The molecule has 0 fully saturated rings. The van der Waals surface area contributed by atoms with Gasteiger partial charge in [0.05, 0.1) is 18.6 Å². The van der Waals surface area contributed by atoms with Gasteiger partial charge in [-0.1, -0.05) is 6.07 Å². The van der Waals surface area contributed by atoms with Gasteiger partial charge in [0.1, 0.15) is 22.7 Å². The molecular weight excluding hydrogens is 446 g/mol. The molecule has 170 valence electrons. The zero-order valence-electron chi connectivity index (χ0n) is 17.0. The minimum absolute atomic E-state index is 0.0444. The second-order valence-electron chi connectivity index (χ2n) is 7.51. The highest BCUT2D eigenvalue weighted by Crippen LogP contribution is 2.43. The molecule has 32 heavy (non-hydrogen) atoms. The van der Waals surface area contributed by atoms with Crippen LogP contribution >= 0.6 is 0 Å². The van der Waals surface area contributed by atoms with Gasteiger partial charge in [0.2, 0.25) is 16.0 Å². The topological polar surface area (TPSA) is 124 Å². The lowest BCUT2D eigenvalue weighted by molar-refractivity contribution is -0.0500. The zero-order valence-corrected chi connectivity index (χ0v) is 17.8. The van der Waals surface area contributed by atoms with Crippen LogP contribution in [0.3, 0.4) is 0 Å². The van der Waals surface area contributed by atoms with Gasteiger partial charge in [0.15, 0.2) is 5.78 Å². The van der Waals surface area contributed by atoms with Crippen molar-refractivity contribution in [3.05, 3.63) is 53.3 Å². The molecule has 1 aromatic heterocycles. The predicted octanol–water partition coefficient (Wildman–Crippen LogP) is 1.68. The van der Waals surface area contributed by atoms with Crippen LogP contribution in [-0.2, 0) is 22.0 Å². The third-order valence-corrected chi connectivity index (χ3v) is 7.28. The Kier molecular flexibility index (Phi) is 5.49. The molecular formula is C20H20F2N4O5S. The molecule has 2 aromatic rings. The van der Waals surface area contributed by atoms with E-state index in [4.69, 9.17) is 10.5 Å². The average Bonchev–Trinajstić information content (AvgIpc) is 2.72. The summed E-state index contributed by atoms with van der Waals surface area (Å²) in [6, 6.07) is 7.60. The highest BCUT2D eigenvalue weighted by atomic mass is 32.2. The molecule has 2 N–H and O–H groups in total. The van der Waals surface area contributed by atoms with Gasteiger partial charge in [-0.2, -0.15) is 8.78 Å². The molecule has 12 heteroatoms. The highest BCUT2D eigenvalue weighted by Gasteiger charge is 2.46. The SMILES string of the molecule is CN1C(N)=N[C@@]2(CCOc3ccc(CC(=O)c4ccc(OC(F)F)cn4)cc32)CS1(=O)=O. The van der Waals surface area contributed by atoms with E-state index in [1.807, 2.05) is 0 Å². The van der Waals surface area contributed by atoms with Gasteiger partial charge in [-0.25, -0.2) is 22.7 Å². The number of pyridine rings is 1. The maximum absolute atomic E-state index is 12.6. The number of Topliss-reactive ketones (excluding diaryl/α,β-unsaturated/α-hetero) is 1. The van der Waals surface area contributed by atoms with E-state index >= 15 is 0 Å². The molecule has 2 aliphatic rings. The van der Waals surface area contributed by atoms with Crippen molar-refractivity contribution in [1.82, 2.24) is 9.29 Å². The first kappa shape index (κ1) is 21.9. The van der Waals surface area contributed by atoms with Gasteiger partial charge in [-0.15, -0.1) is 0 Å². The summed E-state index contributed by atoms with van der Waals surface area (Å²) in [6.07, 6.45) is 1.32. The number of alkyl halides is 2. The molecule has 0 radical (unpaired) electrons. The van der Waals surface area contributed by atoms with Crippen molar-refractivity contribution >= 4 is 21.8 Å². The summed E-state index contributed by atoms with van der Waals surface area (Å²) in [6.45, 7) is -2.71. The Labute approximate surface area is 182 Å². The molecule has 1 spiro atoms. The van der Waals surface area contributed by atoms with Crippen molar-refractivity contribution in [2.45, 2.75) is 25.0 Å². The van der Waals surface area contributed by atoms with Crippen LogP contribution in [-0.4, -0.2) is 55.5 Å². The molecule has 0 saturated heterocycles. The van der Waals surface area contributed by atoms with E-state index in [-0.39, 0.29) is 42.0 Å². The number of sulfonamides is 1. The van der Waals surface area contributed by atoms with E-state index in [0.29, 0.717) is 23.3 Å². The summed E-state index contributed by atoms with van der Waals surface area (Å²) in [5, 5.41) is 0. The van der Waals surface area contributed by atoms with E-state index in [0.717, 1.165) is 10.5 Å². The van der Waals surface area contributed by atoms with E-state index in [9.17, 15) is 22.0 Å². The number of ketones is 1. The second kappa shape index (κ2) is 8.01. The fourth-order valence-electron chi connectivity index (χ4n) is 3.76. The summed E-state index contributed by atoms with van der Waals surface area (Å²) >= 11 is 0. The van der Waals surface area contributed by atoms with Crippen LogP contribution in [0.2, 0.25) is 0 Å². The number of benzene rings is 1. The van der Waals surface area contributed by atoms with Gasteiger partial charge >= 0.3 is 6.61 Å². The van der Waals surface area contributed by atoms with Crippen LogP contribution in [0.4, 0.5) is 8.78 Å². The monoisotopic (exact) mass is 466 g/mol. The fraction of sp³-hybridized carbons (Fsp3) is 0.350. The van der Waals surface area contributed by atoms with Crippen LogP contribution in [0.15, 0.2) is 41.5 Å². The van der Waals surface area contributed by atoms with Crippen LogP contribution < -0.4 is 15.2 Å². The molecule has 0 bridgehead atoms. The summed E-state index contributed by atoms with van der Waals surface area (Å²) in [7, 11) is -2.33. The lowest BCUT2D eigenvalue weighted by Crippen LogP contribution is -2.52. The quantitative estimate of drug-likeness (QED) is 0.665. The van der Waals surface area contributed by atoms with Crippen LogP contribution in [0.5, 0.6) is 11.5 Å². The number of guanidine groups is 1. The maximum atomic E-state index is 12.6.